The van der Waals surface area contributed by atoms with Crippen molar-refractivity contribution < 1.29 is 19.7 Å². The van der Waals surface area contributed by atoms with Crippen LogP contribution in [0.2, 0.25) is 0 Å². The number of halogens is 2. The van der Waals surface area contributed by atoms with Crippen molar-refractivity contribution in [1.82, 2.24) is 0 Å². The fourth-order valence-electron chi connectivity index (χ4n) is 3.09. The monoisotopic (exact) mass is 528 g/mol. The molecule has 2 rings (SSSR count). The zero-order valence-electron chi connectivity index (χ0n) is 20.7. The number of aliphatic imine (C=N–C) groups is 2. The quantitative estimate of drug-likeness (QED) is 0.177. The van der Waals surface area contributed by atoms with Gasteiger partial charge in [-0.25, -0.2) is 0 Å². The zero-order chi connectivity index (χ0) is 24.4. The van der Waals surface area contributed by atoms with Gasteiger partial charge in [-0.15, -0.1) is 24.8 Å². The Balaban J connectivity index is 0.00000578. The molecule has 0 heterocycles. The van der Waals surface area contributed by atoms with Gasteiger partial charge in [0.05, 0.1) is 24.3 Å². The van der Waals surface area contributed by atoms with Crippen LogP contribution in [0, 0.1) is 0 Å². The molecule has 0 fully saturated rings. The molecule has 0 atom stereocenters. The lowest BCUT2D eigenvalue weighted by Crippen LogP contribution is -2.16. The topological polar surface area (TPSA) is 136 Å². The Morgan fingerprint density at radius 1 is 0.714 bits per heavy atom. The Labute approximate surface area is 220 Å². The molecule has 10 heteroatoms. The molecule has 0 aliphatic heterocycles. The van der Waals surface area contributed by atoms with Crippen LogP contribution in [-0.4, -0.2) is 47.2 Å². The van der Waals surface area contributed by atoms with Crippen LogP contribution in [0.3, 0.4) is 0 Å². The van der Waals surface area contributed by atoms with Gasteiger partial charge in [0.25, 0.3) is 0 Å². The second-order valence-corrected chi connectivity index (χ2v) is 8.33. The van der Waals surface area contributed by atoms with Gasteiger partial charge in [-0.05, 0) is 71.2 Å². The highest BCUT2D eigenvalue weighted by atomic mass is 35.5. The summed E-state index contributed by atoms with van der Waals surface area (Å²) < 4.78 is 11.4. The molecule has 196 valence electrons. The number of ether oxygens (including phenoxy) is 2. The van der Waals surface area contributed by atoms with E-state index in [1.54, 1.807) is 36.4 Å². The van der Waals surface area contributed by atoms with Gasteiger partial charge in [-0.3, -0.25) is 9.98 Å². The van der Waals surface area contributed by atoms with Crippen molar-refractivity contribution in [3.8, 4) is 23.0 Å². The van der Waals surface area contributed by atoms with Gasteiger partial charge in [0.15, 0.2) is 0 Å². The number of phenols is 2. The van der Waals surface area contributed by atoms with E-state index in [9.17, 15) is 10.2 Å². The average molecular weight is 530 g/mol. The van der Waals surface area contributed by atoms with Gasteiger partial charge < -0.3 is 31.2 Å². The average Bonchev–Trinajstić information content (AvgIpc) is 2.72. The van der Waals surface area contributed by atoms with Crippen LogP contribution in [0.5, 0.6) is 23.0 Å². The van der Waals surface area contributed by atoms with Crippen LogP contribution in [0.15, 0.2) is 46.4 Å². The second-order valence-electron chi connectivity index (χ2n) is 8.33. The fraction of sp³-hybridized carbons (Fsp3) is 0.440. The highest BCUT2D eigenvalue weighted by Crippen LogP contribution is 2.25. The first-order chi connectivity index (χ1) is 15.7. The van der Waals surface area contributed by atoms with Gasteiger partial charge in [0.2, 0.25) is 0 Å². The molecule has 2 aromatic carbocycles. The number of nitrogens with zero attached hydrogens (tertiary/aromatic N) is 2. The Kier molecular flexibility index (Phi) is 14.7. The van der Waals surface area contributed by atoms with Gasteiger partial charge in [0.1, 0.15) is 34.7 Å². The van der Waals surface area contributed by atoms with Crippen molar-refractivity contribution in [2.75, 3.05) is 13.2 Å². The van der Waals surface area contributed by atoms with Crippen molar-refractivity contribution in [2.45, 2.75) is 59.0 Å². The predicted octanol–water partition coefficient (Wildman–Crippen LogP) is 4.80. The van der Waals surface area contributed by atoms with Crippen LogP contribution in [0.1, 0.15) is 58.1 Å². The lowest BCUT2D eigenvalue weighted by molar-refractivity contribution is 0.278. The maximum Gasteiger partial charge on any atom is 0.130 e. The Morgan fingerprint density at radius 3 is 1.40 bits per heavy atom. The van der Waals surface area contributed by atoms with Crippen LogP contribution in [0.4, 0.5) is 0 Å². The minimum Gasteiger partial charge on any atom is -0.507 e. The molecule has 35 heavy (non-hydrogen) atoms. The SMILES string of the molecule is CC(C)N=C(N)c1ccc(OCCCCCOc2ccc(C(N)=NC(C)C)c(O)c2)cc1O.Cl.Cl. The van der Waals surface area contributed by atoms with Crippen molar-refractivity contribution in [3.05, 3.63) is 47.5 Å². The summed E-state index contributed by atoms with van der Waals surface area (Å²) in [4.78, 5) is 8.50. The number of hydrogen-bond acceptors (Lipinski definition) is 6. The summed E-state index contributed by atoms with van der Waals surface area (Å²) in [5.74, 6) is 1.89. The van der Waals surface area contributed by atoms with Gasteiger partial charge >= 0.3 is 0 Å². The molecule has 0 bridgehead atoms. The Bertz CT molecular complexity index is 904. The molecule has 0 spiro atoms. The third-order valence-electron chi connectivity index (χ3n) is 4.61. The molecule has 0 radical (unpaired) electrons. The van der Waals surface area contributed by atoms with Crippen LogP contribution in [0.25, 0.3) is 0 Å². The maximum absolute atomic E-state index is 10.2. The second kappa shape index (κ2) is 15.9. The maximum atomic E-state index is 10.2. The van der Waals surface area contributed by atoms with E-state index in [0.29, 0.717) is 47.5 Å². The highest BCUT2D eigenvalue weighted by Gasteiger charge is 2.09. The number of unbranched alkanes of at least 4 members (excludes halogenated alkanes) is 2. The van der Waals surface area contributed by atoms with Crippen molar-refractivity contribution in [2.24, 2.45) is 21.5 Å². The summed E-state index contributed by atoms with van der Waals surface area (Å²) in [6.45, 7) is 8.74. The first-order valence-corrected chi connectivity index (χ1v) is 11.3. The smallest absolute Gasteiger partial charge is 0.130 e. The summed E-state index contributed by atoms with van der Waals surface area (Å²) in [6.07, 6.45) is 2.60. The van der Waals surface area contributed by atoms with Gasteiger partial charge in [0, 0.05) is 24.2 Å². The molecule has 0 saturated carbocycles. The largest absolute Gasteiger partial charge is 0.507 e. The molecule has 0 aliphatic carbocycles. The molecule has 0 amide bonds. The standard InChI is InChI=1S/C25H36N4O4.2ClH/c1-16(2)28-24(26)20-10-8-18(14-22(20)30)32-12-6-5-7-13-33-19-9-11-21(23(31)15-19)25(27)29-17(3)4;;/h8-11,14-17,30-31H,5-7,12-13H2,1-4H3,(H2,26,28)(H2,27,29);2*1H. The number of amidine groups is 2. The van der Waals surface area contributed by atoms with Crippen molar-refractivity contribution >= 4 is 36.5 Å². The van der Waals surface area contributed by atoms with E-state index in [0.717, 1.165) is 19.3 Å². The van der Waals surface area contributed by atoms with E-state index < -0.39 is 0 Å². The van der Waals surface area contributed by atoms with Gasteiger partial charge in [-0.1, -0.05) is 0 Å². The Morgan fingerprint density at radius 2 is 1.09 bits per heavy atom. The number of phenolic OH excluding ortho intramolecular Hbond substituents is 2. The van der Waals surface area contributed by atoms with Crippen molar-refractivity contribution in [3.63, 3.8) is 0 Å². The summed E-state index contributed by atoms with van der Waals surface area (Å²) in [7, 11) is 0. The molecular formula is C25H38Cl2N4O4. The first-order valence-electron chi connectivity index (χ1n) is 11.3. The number of aromatic hydroxyl groups is 2. The number of benzene rings is 2. The summed E-state index contributed by atoms with van der Waals surface area (Å²) >= 11 is 0. The molecule has 8 nitrogen and oxygen atoms in total. The van der Waals surface area contributed by atoms with Crippen molar-refractivity contribution in [1.29, 1.82) is 0 Å². The molecule has 0 aliphatic rings. The van der Waals surface area contributed by atoms with Crippen LogP contribution in [-0.2, 0) is 0 Å². The molecule has 0 aromatic heterocycles. The predicted molar refractivity (Wildman–Crippen MR) is 147 cm³/mol. The highest BCUT2D eigenvalue weighted by molar-refractivity contribution is 6.00. The Hall–Kier alpha value is -2.84. The first kappa shape index (κ1) is 32.2. The van der Waals surface area contributed by atoms with E-state index in [2.05, 4.69) is 9.98 Å². The van der Waals surface area contributed by atoms with E-state index in [1.807, 2.05) is 27.7 Å². The summed E-state index contributed by atoms with van der Waals surface area (Å²) in [5.41, 5.74) is 12.8. The number of nitrogens with two attached hydrogens (primary N) is 2. The third kappa shape index (κ3) is 11.0. The van der Waals surface area contributed by atoms with E-state index in [4.69, 9.17) is 20.9 Å². The van der Waals surface area contributed by atoms with Gasteiger partial charge in [-0.2, -0.15) is 0 Å². The molecule has 6 N–H and O–H groups in total. The number of hydrogen-bond donors (Lipinski definition) is 4. The fourth-order valence-corrected chi connectivity index (χ4v) is 3.09. The molecule has 2 aromatic rings. The van der Waals surface area contributed by atoms with E-state index in [1.165, 1.54) is 0 Å². The molecule has 0 saturated heterocycles. The molecular weight excluding hydrogens is 491 g/mol. The van der Waals surface area contributed by atoms with E-state index in [-0.39, 0.29) is 48.4 Å². The normalized spacial score (nSPS) is 11.7. The lowest BCUT2D eigenvalue weighted by atomic mass is 10.1. The third-order valence-corrected chi connectivity index (χ3v) is 4.61. The lowest BCUT2D eigenvalue weighted by Gasteiger charge is -2.11. The number of rotatable bonds is 12. The van der Waals surface area contributed by atoms with E-state index >= 15 is 0 Å². The minimum absolute atomic E-state index is 0. The minimum atomic E-state index is 0. The van der Waals surface area contributed by atoms with Crippen LogP contribution >= 0.6 is 24.8 Å². The molecule has 0 unspecified atom stereocenters. The zero-order valence-corrected chi connectivity index (χ0v) is 22.4. The van der Waals surface area contributed by atoms with Crippen LogP contribution < -0.4 is 20.9 Å². The summed E-state index contributed by atoms with van der Waals surface area (Å²) in [5, 5.41) is 20.3. The summed E-state index contributed by atoms with van der Waals surface area (Å²) in [6, 6.07) is 10.2.